The fourth-order valence-electron chi connectivity index (χ4n) is 1.00. The summed E-state index contributed by atoms with van der Waals surface area (Å²) in [5, 5.41) is 2.28. The smallest absolute Gasteiger partial charge is 0.0212 e. The molecule has 0 heterocycles. The van der Waals surface area contributed by atoms with Crippen LogP contribution in [-0.4, -0.2) is 24.1 Å². The molecular weight excluding hydrogens is 124 g/mol. The molecule has 1 unspecified atom stereocenters. The highest BCUT2D eigenvalue weighted by Gasteiger charge is 2.06. The molecule has 2 heteroatoms. The second-order valence-electron chi connectivity index (χ2n) is 2.55. The second kappa shape index (κ2) is 5.69. The third-order valence-corrected chi connectivity index (χ3v) is 1.82. The van der Waals surface area contributed by atoms with Crippen LogP contribution < -0.4 is 5.43 Å². The minimum atomic E-state index is 0.657. The van der Waals surface area contributed by atoms with Gasteiger partial charge in [-0.3, -0.25) is 5.43 Å². The Kier molecular flexibility index (Phi) is 5.64. The average molecular weight is 144 g/mol. The van der Waals surface area contributed by atoms with Crippen molar-refractivity contribution in [1.29, 1.82) is 0 Å². The van der Waals surface area contributed by atoms with Crippen molar-refractivity contribution in [3.05, 3.63) is 0 Å². The van der Waals surface area contributed by atoms with Crippen molar-refractivity contribution < 1.29 is 0 Å². The Labute approximate surface area is 64.6 Å². The van der Waals surface area contributed by atoms with Gasteiger partial charge in [-0.2, -0.15) is 0 Å². The van der Waals surface area contributed by atoms with Crippen LogP contribution in [0.1, 0.15) is 34.1 Å². The number of nitrogens with zero attached hydrogens (tertiary/aromatic N) is 1. The summed E-state index contributed by atoms with van der Waals surface area (Å²) in [6.45, 7) is 10.9. The van der Waals surface area contributed by atoms with Crippen LogP contribution >= 0.6 is 0 Å². The first-order valence-corrected chi connectivity index (χ1v) is 4.26. The Balaban J connectivity index is 3.56. The number of nitrogens with one attached hydrogen (secondary N) is 1. The van der Waals surface area contributed by atoms with E-state index >= 15 is 0 Å². The van der Waals surface area contributed by atoms with Crippen molar-refractivity contribution in [3.8, 4) is 0 Å². The molecule has 0 saturated heterocycles. The molecular formula is C8H20N2. The molecule has 0 aliphatic rings. The van der Waals surface area contributed by atoms with Crippen molar-refractivity contribution >= 4 is 0 Å². The highest BCUT2D eigenvalue weighted by Crippen LogP contribution is 1.97. The van der Waals surface area contributed by atoms with E-state index in [0.29, 0.717) is 6.04 Å². The van der Waals surface area contributed by atoms with E-state index in [0.717, 1.165) is 13.1 Å². The zero-order valence-electron chi connectivity index (χ0n) is 7.65. The van der Waals surface area contributed by atoms with E-state index in [1.807, 2.05) is 0 Å². The SMILES string of the molecule is CCNN(CC)C(C)CC. The average Bonchev–Trinajstić information content (AvgIpc) is 1.99. The van der Waals surface area contributed by atoms with E-state index < -0.39 is 0 Å². The molecule has 0 aliphatic heterocycles. The Morgan fingerprint density at radius 1 is 1.30 bits per heavy atom. The van der Waals surface area contributed by atoms with Crippen LogP contribution in [0.3, 0.4) is 0 Å². The molecule has 0 saturated carbocycles. The summed E-state index contributed by atoms with van der Waals surface area (Å²) in [6, 6.07) is 0.657. The zero-order chi connectivity index (χ0) is 7.98. The summed E-state index contributed by atoms with van der Waals surface area (Å²) in [5.41, 5.74) is 3.32. The zero-order valence-corrected chi connectivity index (χ0v) is 7.65. The van der Waals surface area contributed by atoms with Crippen molar-refractivity contribution in [2.75, 3.05) is 13.1 Å². The molecule has 0 spiro atoms. The molecule has 0 bridgehead atoms. The lowest BCUT2D eigenvalue weighted by Crippen LogP contribution is -2.43. The molecule has 0 aromatic heterocycles. The molecule has 0 fully saturated rings. The van der Waals surface area contributed by atoms with Crippen molar-refractivity contribution in [1.82, 2.24) is 10.4 Å². The minimum Gasteiger partial charge on any atom is -0.255 e. The molecule has 62 valence electrons. The van der Waals surface area contributed by atoms with Gasteiger partial charge in [-0.25, -0.2) is 5.01 Å². The summed E-state index contributed by atoms with van der Waals surface area (Å²) >= 11 is 0. The molecule has 0 amide bonds. The monoisotopic (exact) mass is 144 g/mol. The van der Waals surface area contributed by atoms with Gasteiger partial charge in [-0.1, -0.05) is 20.8 Å². The Bertz CT molecular complexity index is 73.7. The Hall–Kier alpha value is -0.0800. The van der Waals surface area contributed by atoms with Gasteiger partial charge in [0.25, 0.3) is 0 Å². The van der Waals surface area contributed by atoms with E-state index in [1.165, 1.54) is 6.42 Å². The molecule has 0 radical (unpaired) electrons. The first-order chi connectivity index (χ1) is 4.76. The van der Waals surface area contributed by atoms with Gasteiger partial charge in [0.15, 0.2) is 0 Å². The molecule has 2 nitrogen and oxygen atoms in total. The number of rotatable bonds is 5. The first-order valence-electron chi connectivity index (χ1n) is 4.26. The maximum Gasteiger partial charge on any atom is 0.0212 e. The summed E-state index contributed by atoms with van der Waals surface area (Å²) in [6.07, 6.45) is 1.21. The van der Waals surface area contributed by atoms with Gasteiger partial charge in [-0.05, 0) is 13.3 Å². The predicted molar refractivity (Wildman–Crippen MR) is 45.8 cm³/mol. The quantitative estimate of drug-likeness (QED) is 0.590. The van der Waals surface area contributed by atoms with E-state index in [-0.39, 0.29) is 0 Å². The molecule has 1 N–H and O–H groups in total. The number of hydrogen-bond acceptors (Lipinski definition) is 2. The number of hydrogen-bond donors (Lipinski definition) is 1. The molecule has 10 heavy (non-hydrogen) atoms. The lowest BCUT2D eigenvalue weighted by molar-refractivity contribution is 0.142. The topological polar surface area (TPSA) is 15.3 Å². The van der Waals surface area contributed by atoms with Gasteiger partial charge in [0, 0.05) is 19.1 Å². The second-order valence-corrected chi connectivity index (χ2v) is 2.55. The predicted octanol–water partition coefficient (Wildman–Crippen LogP) is 1.63. The summed E-state index contributed by atoms with van der Waals surface area (Å²) in [4.78, 5) is 0. The normalized spacial score (nSPS) is 14.1. The standard InChI is InChI=1S/C8H20N2/c1-5-8(4)10(7-3)9-6-2/h8-9H,5-7H2,1-4H3. The molecule has 0 aromatic rings. The van der Waals surface area contributed by atoms with Crippen LogP contribution in [0.25, 0.3) is 0 Å². The number of hydrazine groups is 1. The summed E-state index contributed by atoms with van der Waals surface area (Å²) in [7, 11) is 0. The Morgan fingerprint density at radius 2 is 1.90 bits per heavy atom. The lowest BCUT2D eigenvalue weighted by Gasteiger charge is -2.26. The van der Waals surface area contributed by atoms with Gasteiger partial charge < -0.3 is 0 Å². The van der Waals surface area contributed by atoms with Crippen LogP contribution in [0.4, 0.5) is 0 Å². The summed E-state index contributed by atoms with van der Waals surface area (Å²) < 4.78 is 0. The summed E-state index contributed by atoms with van der Waals surface area (Å²) in [5.74, 6) is 0. The molecule has 1 atom stereocenters. The largest absolute Gasteiger partial charge is 0.255 e. The van der Waals surface area contributed by atoms with Crippen LogP contribution in [0, 0.1) is 0 Å². The maximum atomic E-state index is 3.32. The maximum absolute atomic E-state index is 3.32. The van der Waals surface area contributed by atoms with Gasteiger partial charge in [0.2, 0.25) is 0 Å². The van der Waals surface area contributed by atoms with Crippen molar-refractivity contribution in [3.63, 3.8) is 0 Å². The van der Waals surface area contributed by atoms with Crippen LogP contribution in [-0.2, 0) is 0 Å². The lowest BCUT2D eigenvalue weighted by atomic mass is 10.2. The molecule has 0 rings (SSSR count). The van der Waals surface area contributed by atoms with E-state index in [2.05, 4.69) is 38.1 Å². The fourth-order valence-corrected chi connectivity index (χ4v) is 1.00. The third-order valence-electron chi connectivity index (χ3n) is 1.82. The van der Waals surface area contributed by atoms with E-state index in [1.54, 1.807) is 0 Å². The van der Waals surface area contributed by atoms with Crippen LogP contribution in [0.2, 0.25) is 0 Å². The highest BCUT2D eigenvalue weighted by molar-refractivity contribution is 4.58. The van der Waals surface area contributed by atoms with Gasteiger partial charge in [0.05, 0.1) is 0 Å². The van der Waals surface area contributed by atoms with E-state index in [9.17, 15) is 0 Å². The van der Waals surface area contributed by atoms with Crippen molar-refractivity contribution in [2.24, 2.45) is 0 Å². The van der Waals surface area contributed by atoms with Crippen LogP contribution in [0.15, 0.2) is 0 Å². The third kappa shape index (κ3) is 3.18. The van der Waals surface area contributed by atoms with Gasteiger partial charge in [0.1, 0.15) is 0 Å². The minimum absolute atomic E-state index is 0.657. The molecule has 0 aromatic carbocycles. The van der Waals surface area contributed by atoms with Gasteiger partial charge >= 0.3 is 0 Å². The Morgan fingerprint density at radius 3 is 2.20 bits per heavy atom. The van der Waals surface area contributed by atoms with Crippen molar-refractivity contribution in [2.45, 2.75) is 40.2 Å². The fraction of sp³-hybridized carbons (Fsp3) is 1.00. The highest BCUT2D eigenvalue weighted by atomic mass is 15.5. The van der Waals surface area contributed by atoms with Crippen LogP contribution in [0.5, 0.6) is 0 Å². The molecule has 0 aliphatic carbocycles. The van der Waals surface area contributed by atoms with Gasteiger partial charge in [-0.15, -0.1) is 0 Å². The van der Waals surface area contributed by atoms with E-state index in [4.69, 9.17) is 0 Å². The first kappa shape index (κ1) is 9.92.